The molecule has 0 saturated carbocycles. The van der Waals surface area contributed by atoms with Crippen LogP contribution in [-0.4, -0.2) is 113 Å². The molecule has 0 aromatic rings. The van der Waals surface area contributed by atoms with Gasteiger partial charge in [0.25, 0.3) is 0 Å². The molecule has 0 aromatic carbocycles. The zero-order valence-corrected chi connectivity index (χ0v) is 26.0. The molecule has 42 heavy (non-hydrogen) atoms. The van der Waals surface area contributed by atoms with Gasteiger partial charge >= 0.3 is 15.6 Å². The molecule has 0 saturated heterocycles. The first kappa shape index (κ1) is 34.8. The molecule has 3 rings (SSSR count). The van der Waals surface area contributed by atoms with Gasteiger partial charge in [-0.15, -0.1) is 0 Å². The summed E-state index contributed by atoms with van der Waals surface area (Å²) in [6.45, 7) is 2.46. The lowest BCUT2D eigenvalue weighted by molar-refractivity contribution is -0.0740. The molecule has 7 N–H and O–H groups in total. The van der Waals surface area contributed by atoms with Gasteiger partial charge in [0.05, 0.1) is 37.8 Å². The predicted molar refractivity (Wildman–Crippen MR) is 152 cm³/mol. The van der Waals surface area contributed by atoms with Crippen LogP contribution in [0.15, 0.2) is 34.6 Å². The Kier molecular flexibility index (Phi) is 10.3. The van der Waals surface area contributed by atoms with E-state index in [4.69, 9.17) is 32.3 Å². The molecule has 0 spiro atoms. The van der Waals surface area contributed by atoms with Crippen molar-refractivity contribution in [3.63, 3.8) is 0 Å². The summed E-state index contributed by atoms with van der Waals surface area (Å²) in [5.74, 6) is -3.26. The summed E-state index contributed by atoms with van der Waals surface area (Å²) in [6.07, 6.45) is 0.00608. The van der Waals surface area contributed by atoms with Gasteiger partial charge in [0.1, 0.15) is 23.5 Å². The lowest BCUT2D eigenvalue weighted by Crippen LogP contribution is -2.39. The molecule has 3 aliphatic heterocycles. The highest BCUT2D eigenvalue weighted by molar-refractivity contribution is 7.47. The molecule has 0 amide bonds. The maximum atomic E-state index is 13.0. The highest BCUT2D eigenvalue weighted by Crippen LogP contribution is 2.56. The van der Waals surface area contributed by atoms with Crippen LogP contribution in [0.5, 0.6) is 0 Å². The van der Waals surface area contributed by atoms with E-state index in [-0.39, 0.29) is 19.3 Å². The van der Waals surface area contributed by atoms with Crippen LogP contribution in [0, 0.1) is 0 Å². The number of hydrogen-bond donors (Lipinski definition) is 7. The fraction of sp³-hybridized carbons (Fsp3) is 0.714. The molecule has 0 aliphatic carbocycles. The van der Waals surface area contributed by atoms with Crippen LogP contribution in [-0.2, 0) is 41.4 Å². The Balaban J connectivity index is 1.80. The minimum atomic E-state index is -5.10. The Morgan fingerprint density at radius 2 is 1.05 bits per heavy atom. The Morgan fingerprint density at radius 1 is 0.690 bits per heavy atom. The van der Waals surface area contributed by atoms with Crippen LogP contribution in [0.4, 0.5) is 0 Å². The summed E-state index contributed by atoms with van der Waals surface area (Å²) in [4.78, 5) is 21.0. The van der Waals surface area contributed by atoms with Crippen molar-refractivity contribution < 1.29 is 76.8 Å². The number of rotatable bonds is 14. The van der Waals surface area contributed by atoms with Crippen LogP contribution in [0.2, 0.25) is 0 Å². The number of aliphatic hydroxyl groups excluding tert-OH is 5. The summed E-state index contributed by atoms with van der Waals surface area (Å²) in [5, 5.41) is 51.2. The van der Waals surface area contributed by atoms with E-state index in [1.807, 2.05) is 0 Å². The average molecular weight is 640 g/mol. The Hall–Kier alpha value is -1.65. The van der Waals surface area contributed by atoms with Gasteiger partial charge in [-0.05, 0) is 19.3 Å². The number of phosphoric acid groups is 2. The normalized spacial score (nSPS) is 36.4. The van der Waals surface area contributed by atoms with Gasteiger partial charge in [-0.25, -0.2) is 9.13 Å². The van der Waals surface area contributed by atoms with Crippen LogP contribution in [0.3, 0.4) is 0 Å². The van der Waals surface area contributed by atoms with Gasteiger partial charge in [-0.2, -0.15) is 0 Å². The summed E-state index contributed by atoms with van der Waals surface area (Å²) >= 11 is 0. The van der Waals surface area contributed by atoms with E-state index in [1.54, 1.807) is 13.8 Å². The summed E-state index contributed by atoms with van der Waals surface area (Å²) < 4.78 is 63.4. The van der Waals surface area contributed by atoms with E-state index >= 15 is 0 Å². The van der Waals surface area contributed by atoms with Crippen LogP contribution in [0.1, 0.15) is 40.0 Å². The second-order valence-electron chi connectivity index (χ2n) is 10.3. The largest absolute Gasteiger partial charge is 0.527 e. The second kappa shape index (κ2) is 12.4. The Morgan fingerprint density at radius 3 is 1.43 bits per heavy atom. The monoisotopic (exact) mass is 640 g/mol. The van der Waals surface area contributed by atoms with Crippen molar-refractivity contribution in [1.29, 1.82) is 0 Å². The third-order valence-corrected chi connectivity index (χ3v) is 9.37. The highest BCUT2D eigenvalue weighted by Gasteiger charge is 2.54. The lowest BCUT2D eigenvalue weighted by atomic mass is 9.97. The van der Waals surface area contributed by atoms with Crippen molar-refractivity contribution in [2.75, 3.05) is 19.8 Å². The van der Waals surface area contributed by atoms with Gasteiger partial charge in [0, 0.05) is 0 Å². The van der Waals surface area contributed by atoms with Gasteiger partial charge < -0.3 is 48.8 Å². The topological polar surface area (TPSA) is 240 Å². The first-order valence-electron chi connectivity index (χ1n) is 13.4. The van der Waals surface area contributed by atoms with Crippen LogP contribution >= 0.6 is 15.6 Å². The molecule has 0 radical (unpaired) electrons. The maximum Gasteiger partial charge on any atom is 0.527 e. The first-order valence-corrected chi connectivity index (χ1v) is 16.3. The third-order valence-electron chi connectivity index (χ3n) is 7.63. The number of hydrogen-bond acceptors (Lipinski definition) is 14. The van der Waals surface area contributed by atoms with Crippen LogP contribution < -0.4 is 0 Å². The average Bonchev–Trinajstić information content (AvgIpc) is 3.42. The van der Waals surface area contributed by atoms with Gasteiger partial charge in [-0.1, -0.05) is 20.8 Å². The summed E-state index contributed by atoms with van der Waals surface area (Å²) in [5.41, 5.74) is -5.13. The zero-order valence-electron chi connectivity index (χ0n) is 24.2. The predicted octanol–water partition coefficient (Wildman–Crippen LogP) is -0.473. The maximum absolute atomic E-state index is 13.0. The molecule has 8 atom stereocenters. The quantitative estimate of drug-likeness (QED) is 0.0938. The standard InChI is InChI=1S/C21H37B3O16P2/c1-4-19(7-25)14(11(27)17(23)36-19)39-42(32,33)35-9-21(6-3)15(12(28)18(24)38-21)40-41(30,31)34-8-20(5-2)13(29)10(26)16(22)37-20/h16-18,25-29H,4-9,22-24H2,1-3H3,(H,30,31)(H,32,33)/t16-,17-,18-,19-,20?,21?/m1/s1. The molecule has 236 valence electrons. The minimum absolute atomic E-state index is 0.0469. The van der Waals surface area contributed by atoms with E-state index in [0.717, 1.165) is 0 Å². The van der Waals surface area contributed by atoms with Crippen molar-refractivity contribution in [2.24, 2.45) is 0 Å². The Labute approximate surface area is 245 Å². The van der Waals surface area contributed by atoms with Crippen molar-refractivity contribution in [2.45, 2.75) is 74.8 Å². The zero-order chi connectivity index (χ0) is 31.9. The fourth-order valence-electron chi connectivity index (χ4n) is 4.89. The lowest BCUT2D eigenvalue weighted by Gasteiger charge is -2.33. The molecule has 0 aromatic heterocycles. The van der Waals surface area contributed by atoms with Crippen molar-refractivity contribution >= 4 is 39.2 Å². The number of ether oxygens (including phenoxy) is 3. The third kappa shape index (κ3) is 6.41. The Bertz CT molecular complexity index is 1240. The van der Waals surface area contributed by atoms with Crippen molar-refractivity contribution in [1.82, 2.24) is 0 Å². The SMILES string of the molecule is B[C@@H]1OC(CC)(COP(=O)(O)OC2=C(O)[C@H](B)OC2(CC)COP(=O)(O)OC2=C(O)[C@H](B)O[C@]2(CC)CO)C(O)=C1O. The fourth-order valence-corrected chi connectivity index (χ4v) is 6.72. The number of phosphoric ester groups is 2. The summed E-state index contributed by atoms with van der Waals surface area (Å²) in [7, 11) is -5.89. The van der Waals surface area contributed by atoms with E-state index in [0.29, 0.717) is 0 Å². The summed E-state index contributed by atoms with van der Waals surface area (Å²) in [6, 6.07) is -2.95. The molecule has 4 unspecified atom stereocenters. The van der Waals surface area contributed by atoms with E-state index in [1.165, 1.54) is 30.5 Å². The second-order valence-corrected chi connectivity index (χ2v) is 13.1. The van der Waals surface area contributed by atoms with E-state index in [2.05, 4.69) is 0 Å². The highest BCUT2D eigenvalue weighted by atomic mass is 31.2. The van der Waals surface area contributed by atoms with Crippen molar-refractivity contribution in [3.05, 3.63) is 34.6 Å². The molecular weight excluding hydrogens is 603 g/mol. The van der Waals surface area contributed by atoms with Crippen molar-refractivity contribution in [3.8, 4) is 0 Å². The molecular formula is C21H37B3O16P2. The van der Waals surface area contributed by atoms with Gasteiger partial charge in [0.2, 0.25) is 0 Å². The molecule has 3 aliphatic rings. The van der Waals surface area contributed by atoms with E-state index in [9.17, 15) is 44.4 Å². The first-order chi connectivity index (χ1) is 19.4. The number of aliphatic hydroxyl groups is 5. The van der Waals surface area contributed by atoms with Crippen LogP contribution in [0.25, 0.3) is 0 Å². The smallest absolute Gasteiger partial charge is 0.507 e. The molecule has 0 fully saturated rings. The molecule has 16 nitrogen and oxygen atoms in total. The van der Waals surface area contributed by atoms with E-state index < -0.39 is 105 Å². The van der Waals surface area contributed by atoms with Gasteiger partial charge in [-0.3, -0.25) is 18.8 Å². The van der Waals surface area contributed by atoms with Gasteiger partial charge in [0.15, 0.2) is 51.4 Å². The molecule has 0 bridgehead atoms. The molecule has 21 heteroatoms. The molecule has 3 heterocycles. The minimum Gasteiger partial charge on any atom is -0.507 e.